The van der Waals surface area contributed by atoms with Crippen LogP contribution in [0.25, 0.3) is 87.8 Å². The molecule has 0 bridgehead atoms. The van der Waals surface area contributed by atoms with Gasteiger partial charge in [0.05, 0.1) is 11.6 Å². The second-order valence-corrected chi connectivity index (χ2v) is 10.8. The Hall–Kier alpha value is -5.60. The van der Waals surface area contributed by atoms with Gasteiger partial charge < -0.3 is 8.83 Å². The van der Waals surface area contributed by atoms with E-state index in [0.717, 1.165) is 44.0 Å². The summed E-state index contributed by atoms with van der Waals surface area (Å²) in [4.78, 5) is 0. The van der Waals surface area contributed by atoms with Crippen molar-refractivity contribution in [2.75, 3.05) is 0 Å². The third-order valence-corrected chi connectivity index (χ3v) is 8.56. The molecule has 0 spiro atoms. The van der Waals surface area contributed by atoms with Gasteiger partial charge in [-0.3, -0.25) is 0 Å². The SMILES string of the molecule is c1ccc(-c2c3ccccc3c(-c3ccc(-c4cc5oc6ccccc6c5c5occc45)cc3)c3ccccc23)cc1. The molecule has 0 aliphatic heterocycles. The average Bonchev–Trinajstić information content (AvgIpc) is 3.68. The van der Waals surface area contributed by atoms with Crippen LogP contribution >= 0.6 is 0 Å². The molecule has 9 aromatic rings. The van der Waals surface area contributed by atoms with Crippen molar-refractivity contribution in [3.05, 3.63) is 146 Å². The summed E-state index contributed by atoms with van der Waals surface area (Å²) in [6.45, 7) is 0. The van der Waals surface area contributed by atoms with Crippen LogP contribution in [0.3, 0.4) is 0 Å². The lowest BCUT2D eigenvalue weighted by atomic mass is 9.85. The normalized spacial score (nSPS) is 11.8. The number of benzene rings is 7. The van der Waals surface area contributed by atoms with Gasteiger partial charge >= 0.3 is 0 Å². The van der Waals surface area contributed by atoms with Gasteiger partial charge in [-0.15, -0.1) is 0 Å². The van der Waals surface area contributed by atoms with Crippen molar-refractivity contribution >= 4 is 54.5 Å². The van der Waals surface area contributed by atoms with Gasteiger partial charge in [0.1, 0.15) is 16.7 Å². The monoisotopic (exact) mass is 536 g/mol. The van der Waals surface area contributed by atoms with Crippen LogP contribution in [-0.2, 0) is 0 Å². The number of furan rings is 2. The van der Waals surface area contributed by atoms with E-state index in [9.17, 15) is 0 Å². The number of hydrogen-bond acceptors (Lipinski definition) is 2. The predicted octanol–water partition coefficient (Wildman–Crippen LogP) is 11.6. The molecule has 42 heavy (non-hydrogen) atoms. The van der Waals surface area contributed by atoms with Crippen LogP contribution in [0, 0.1) is 0 Å². The van der Waals surface area contributed by atoms with E-state index in [4.69, 9.17) is 8.83 Å². The molecule has 0 radical (unpaired) electrons. The van der Waals surface area contributed by atoms with Gasteiger partial charge in [0.25, 0.3) is 0 Å². The van der Waals surface area contributed by atoms with Gasteiger partial charge in [0.15, 0.2) is 0 Å². The van der Waals surface area contributed by atoms with Gasteiger partial charge in [-0.1, -0.05) is 121 Å². The maximum atomic E-state index is 6.27. The molecule has 0 fully saturated rings. The van der Waals surface area contributed by atoms with E-state index in [1.54, 1.807) is 6.26 Å². The van der Waals surface area contributed by atoms with Crippen LogP contribution in [0.1, 0.15) is 0 Å². The Morgan fingerprint density at radius 2 is 0.905 bits per heavy atom. The van der Waals surface area contributed by atoms with Gasteiger partial charge in [-0.05, 0) is 73.1 Å². The van der Waals surface area contributed by atoms with Crippen molar-refractivity contribution in [2.45, 2.75) is 0 Å². The maximum Gasteiger partial charge on any atom is 0.146 e. The molecule has 0 atom stereocenters. The van der Waals surface area contributed by atoms with E-state index in [0.29, 0.717) is 0 Å². The van der Waals surface area contributed by atoms with Gasteiger partial charge in [-0.2, -0.15) is 0 Å². The average molecular weight is 537 g/mol. The first-order valence-corrected chi connectivity index (χ1v) is 14.3. The van der Waals surface area contributed by atoms with E-state index >= 15 is 0 Å². The van der Waals surface area contributed by atoms with E-state index in [1.165, 1.54) is 43.8 Å². The molecule has 9 rings (SSSR count). The quantitative estimate of drug-likeness (QED) is 0.210. The third-order valence-electron chi connectivity index (χ3n) is 8.56. The number of rotatable bonds is 3. The van der Waals surface area contributed by atoms with Crippen molar-refractivity contribution < 1.29 is 8.83 Å². The van der Waals surface area contributed by atoms with Crippen LogP contribution in [0.2, 0.25) is 0 Å². The summed E-state index contributed by atoms with van der Waals surface area (Å²) < 4.78 is 12.3. The zero-order chi connectivity index (χ0) is 27.6. The van der Waals surface area contributed by atoms with Gasteiger partial charge in [-0.25, -0.2) is 0 Å². The van der Waals surface area contributed by atoms with E-state index < -0.39 is 0 Å². The minimum Gasteiger partial charge on any atom is -0.464 e. The smallest absolute Gasteiger partial charge is 0.146 e. The number of fused-ring (bicyclic) bond motifs is 7. The van der Waals surface area contributed by atoms with Crippen molar-refractivity contribution in [1.29, 1.82) is 0 Å². The Balaban J connectivity index is 1.26. The first kappa shape index (κ1) is 23.1. The van der Waals surface area contributed by atoms with Gasteiger partial charge in [0.2, 0.25) is 0 Å². The predicted molar refractivity (Wildman–Crippen MR) is 175 cm³/mol. The molecule has 2 heterocycles. The summed E-state index contributed by atoms with van der Waals surface area (Å²) in [5.74, 6) is 0. The molecule has 7 aromatic carbocycles. The molecule has 0 N–H and O–H groups in total. The molecular weight excluding hydrogens is 512 g/mol. The second kappa shape index (κ2) is 8.95. The highest BCUT2D eigenvalue weighted by Crippen LogP contribution is 2.45. The third kappa shape index (κ3) is 3.33. The molecule has 0 unspecified atom stereocenters. The second-order valence-electron chi connectivity index (χ2n) is 10.8. The molecular formula is C40H24O2. The van der Waals surface area contributed by atoms with Gasteiger partial charge in [0, 0.05) is 10.8 Å². The highest BCUT2D eigenvalue weighted by Gasteiger charge is 2.19. The fourth-order valence-corrected chi connectivity index (χ4v) is 6.73. The largest absolute Gasteiger partial charge is 0.464 e. The standard InChI is InChI=1S/C40H24O2/c1-2-10-26(11-3-1)37-28-12-4-6-14-30(28)38(31-15-7-5-13-29(31)37)27-20-18-25(19-21-27)34-24-36-39(40-32(34)22-23-41-40)33-16-8-9-17-35(33)42-36/h1-24H. The van der Waals surface area contributed by atoms with Crippen molar-refractivity contribution in [3.8, 4) is 33.4 Å². The summed E-state index contributed by atoms with van der Waals surface area (Å²) in [6, 6.07) is 49.6. The van der Waals surface area contributed by atoms with E-state index in [2.05, 4.69) is 121 Å². The topological polar surface area (TPSA) is 26.3 Å². The lowest BCUT2D eigenvalue weighted by Gasteiger charge is -2.18. The summed E-state index contributed by atoms with van der Waals surface area (Å²) >= 11 is 0. The number of para-hydroxylation sites is 1. The van der Waals surface area contributed by atoms with E-state index in [1.807, 2.05) is 18.2 Å². The molecule has 0 saturated heterocycles. The molecule has 2 nitrogen and oxygen atoms in total. The fraction of sp³-hybridized carbons (Fsp3) is 0. The zero-order valence-corrected chi connectivity index (χ0v) is 22.7. The number of hydrogen-bond donors (Lipinski definition) is 0. The Kier molecular flexibility index (Phi) is 4.93. The highest BCUT2D eigenvalue weighted by atomic mass is 16.3. The molecule has 2 aromatic heterocycles. The molecule has 0 aliphatic rings. The molecule has 196 valence electrons. The first-order chi connectivity index (χ1) is 20.8. The van der Waals surface area contributed by atoms with Crippen LogP contribution in [0.4, 0.5) is 0 Å². The Morgan fingerprint density at radius 3 is 1.55 bits per heavy atom. The highest BCUT2D eigenvalue weighted by molar-refractivity contribution is 6.22. The fourth-order valence-electron chi connectivity index (χ4n) is 6.73. The van der Waals surface area contributed by atoms with Crippen molar-refractivity contribution in [3.63, 3.8) is 0 Å². The lowest BCUT2D eigenvalue weighted by molar-refractivity contribution is 0.618. The molecule has 0 amide bonds. The lowest BCUT2D eigenvalue weighted by Crippen LogP contribution is -1.90. The van der Waals surface area contributed by atoms with Crippen LogP contribution in [-0.4, -0.2) is 0 Å². The Bertz CT molecular complexity index is 2380. The summed E-state index contributed by atoms with van der Waals surface area (Å²) in [5.41, 5.74) is 9.77. The molecule has 0 saturated carbocycles. The Labute approximate surface area is 242 Å². The van der Waals surface area contributed by atoms with E-state index in [-0.39, 0.29) is 0 Å². The Morgan fingerprint density at radius 1 is 0.381 bits per heavy atom. The van der Waals surface area contributed by atoms with Crippen molar-refractivity contribution in [1.82, 2.24) is 0 Å². The van der Waals surface area contributed by atoms with Crippen LogP contribution < -0.4 is 0 Å². The minimum atomic E-state index is 0.839. The minimum absolute atomic E-state index is 0.839. The molecule has 0 aliphatic carbocycles. The summed E-state index contributed by atoms with van der Waals surface area (Å²) in [6.07, 6.45) is 1.77. The van der Waals surface area contributed by atoms with Crippen molar-refractivity contribution in [2.24, 2.45) is 0 Å². The summed E-state index contributed by atoms with van der Waals surface area (Å²) in [7, 11) is 0. The first-order valence-electron chi connectivity index (χ1n) is 14.3. The maximum absolute atomic E-state index is 6.27. The van der Waals surface area contributed by atoms with Crippen LogP contribution in [0.5, 0.6) is 0 Å². The molecule has 2 heteroatoms. The zero-order valence-electron chi connectivity index (χ0n) is 22.7. The van der Waals surface area contributed by atoms with Crippen LogP contribution in [0.15, 0.2) is 155 Å². The summed E-state index contributed by atoms with van der Waals surface area (Å²) in [5, 5.41) is 8.22.